The zero-order valence-corrected chi connectivity index (χ0v) is 19.8. The predicted molar refractivity (Wildman–Crippen MR) is 128 cm³/mol. The fourth-order valence-corrected chi connectivity index (χ4v) is 5.02. The fraction of sp³-hybridized carbons (Fsp3) is 0.240. The van der Waals surface area contributed by atoms with E-state index in [0.717, 1.165) is 0 Å². The first-order chi connectivity index (χ1) is 16.2. The Bertz CT molecular complexity index is 1150. The standard InChI is InChI=1S/C25H27F2N3O3S/c1-3-30(4-2)34(32,33)23-15-13-22(14-16-23)29-24(31)17-28-25(18-5-9-20(26)10-6-18)19-7-11-21(27)12-8-19/h5-16,25,28H,3-4,17H2,1-2H3,(H,29,31). The van der Waals surface area contributed by atoms with Gasteiger partial charge in [-0.2, -0.15) is 4.31 Å². The second-order valence-corrected chi connectivity index (χ2v) is 9.52. The molecular weight excluding hydrogens is 460 g/mol. The molecular formula is C25H27F2N3O3S. The lowest BCUT2D eigenvalue weighted by molar-refractivity contribution is -0.115. The number of carbonyl (C=O) groups excluding carboxylic acids is 1. The molecule has 9 heteroatoms. The lowest BCUT2D eigenvalue weighted by Crippen LogP contribution is -2.32. The van der Waals surface area contributed by atoms with Crippen molar-refractivity contribution in [3.63, 3.8) is 0 Å². The molecule has 0 saturated heterocycles. The largest absolute Gasteiger partial charge is 0.325 e. The Kier molecular flexibility index (Phi) is 8.49. The summed E-state index contributed by atoms with van der Waals surface area (Å²) in [4.78, 5) is 12.7. The number of amides is 1. The molecule has 0 heterocycles. The number of sulfonamides is 1. The van der Waals surface area contributed by atoms with Gasteiger partial charge in [0.25, 0.3) is 0 Å². The number of nitrogens with zero attached hydrogens (tertiary/aromatic N) is 1. The minimum Gasteiger partial charge on any atom is -0.325 e. The van der Waals surface area contributed by atoms with Gasteiger partial charge in [0, 0.05) is 18.8 Å². The van der Waals surface area contributed by atoms with Crippen molar-refractivity contribution in [1.29, 1.82) is 0 Å². The molecule has 0 bridgehead atoms. The SMILES string of the molecule is CCN(CC)S(=O)(=O)c1ccc(NC(=O)CNC(c2ccc(F)cc2)c2ccc(F)cc2)cc1. The van der Waals surface area contributed by atoms with Crippen LogP contribution < -0.4 is 10.6 Å². The van der Waals surface area contributed by atoms with Crippen molar-refractivity contribution < 1.29 is 22.0 Å². The first-order valence-corrected chi connectivity index (χ1v) is 12.3. The van der Waals surface area contributed by atoms with E-state index in [1.165, 1.54) is 52.8 Å². The Balaban J connectivity index is 1.69. The molecule has 3 rings (SSSR count). The maximum atomic E-state index is 13.4. The summed E-state index contributed by atoms with van der Waals surface area (Å²) in [5, 5.41) is 5.84. The molecule has 0 unspecified atom stereocenters. The van der Waals surface area contributed by atoms with Crippen LogP contribution in [0.4, 0.5) is 14.5 Å². The number of hydrogen-bond donors (Lipinski definition) is 2. The first kappa shape index (κ1) is 25.5. The Hall–Kier alpha value is -3.14. The van der Waals surface area contributed by atoms with Crippen molar-refractivity contribution >= 4 is 21.6 Å². The van der Waals surface area contributed by atoms with Crippen molar-refractivity contribution in [2.45, 2.75) is 24.8 Å². The summed E-state index contributed by atoms with van der Waals surface area (Å²) >= 11 is 0. The number of carbonyl (C=O) groups is 1. The van der Waals surface area contributed by atoms with Crippen LogP contribution in [0.25, 0.3) is 0 Å². The summed E-state index contributed by atoms with van der Waals surface area (Å²) in [7, 11) is -3.58. The highest BCUT2D eigenvalue weighted by Crippen LogP contribution is 2.23. The first-order valence-electron chi connectivity index (χ1n) is 10.9. The molecule has 0 saturated carbocycles. The van der Waals surface area contributed by atoms with E-state index in [9.17, 15) is 22.0 Å². The number of benzene rings is 3. The third kappa shape index (κ3) is 6.25. The van der Waals surface area contributed by atoms with Crippen molar-refractivity contribution in [3.8, 4) is 0 Å². The van der Waals surface area contributed by atoms with Crippen LogP contribution in [0.2, 0.25) is 0 Å². The fourth-order valence-electron chi connectivity index (χ4n) is 3.56. The molecule has 0 fully saturated rings. The molecule has 0 atom stereocenters. The van der Waals surface area contributed by atoms with Gasteiger partial charge in [0.15, 0.2) is 0 Å². The zero-order chi connectivity index (χ0) is 24.7. The van der Waals surface area contributed by atoms with Crippen LogP contribution in [0, 0.1) is 11.6 Å². The van der Waals surface area contributed by atoms with Gasteiger partial charge in [0.05, 0.1) is 17.5 Å². The van der Waals surface area contributed by atoms with E-state index in [1.54, 1.807) is 38.1 Å². The summed E-state index contributed by atoms with van der Waals surface area (Å²) in [6, 6.07) is 17.2. The summed E-state index contributed by atoms with van der Waals surface area (Å²) in [6.07, 6.45) is 0. The van der Waals surface area contributed by atoms with E-state index in [1.807, 2.05) is 0 Å². The van der Waals surface area contributed by atoms with Crippen LogP contribution >= 0.6 is 0 Å². The number of halogens is 2. The smallest absolute Gasteiger partial charge is 0.243 e. The second kappa shape index (κ2) is 11.3. The topological polar surface area (TPSA) is 78.5 Å². The lowest BCUT2D eigenvalue weighted by Gasteiger charge is -2.20. The predicted octanol–water partition coefficient (Wildman–Crippen LogP) is 4.31. The molecule has 3 aromatic carbocycles. The Morgan fingerprint density at radius 2 is 1.29 bits per heavy atom. The van der Waals surface area contributed by atoms with E-state index in [4.69, 9.17) is 0 Å². The average molecular weight is 488 g/mol. The van der Waals surface area contributed by atoms with Crippen LogP contribution in [-0.4, -0.2) is 38.3 Å². The maximum Gasteiger partial charge on any atom is 0.243 e. The summed E-state index contributed by atoms with van der Waals surface area (Å²) < 4.78 is 53.3. The second-order valence-electron chi connectivity index (χ2n) is 7.58. The molecule has 0 spiro atoms. The van der Waals surface area contributed by atoms with Gasteiger partial charge >= 0.3 is 0 Å². The maximum absolute atomic E-state index is 13.4. The highest BCUT2D eigenvalue weighted by atomic mass is 32.2. The van der Waals surface area contributed by atoms with Gasteiger partial charge in [-0.1, -0.05) is 38.1 Å². The molecule has 0 aromatic heterocycles. The molecule has 0 radical (unpaired) electrons. The van der Waals surface area contributed by atoms with Crippen LogP contribution in [0.1, 0.15) is 31.0 Å². The van der Waals surface area contributed by atoms with Crippen LogP contribution in [-0.2, 0) is 14.8 Å². The van der Waals surface area contributed by atoms with Crippen molar-refractivity contribution in [2.24, 2.45) is 0 Å². The normalized spacial score (nSPS) is 11.7. The van der Waals surface area contributed by atoms with Crippen molar-refractivity contribution in [3.05, 3.63) is 95.6 Å². The van der Waals surface area contributed by atoms with Gasteiger partial charge in [-0.3, -0.25) is 10.1 Å². The number of anilines is 1. The Morgan fingerprint density at radius 3 is 1.74 bits per heavy atom. The highest BCUT2D eigenvalue weighted by Gasteiger charge is 2.21. The molecule has 0 aliphatic heterocycles. The molecule has 0 aliphatic carbocycles. The Labute approximate surface area is 198 Å². The number of rotatable bonds is 10. The molecule has 0 aliphatic rings. The van der Waals surface area contributed by atoms with Crippen LogP contribution in [0.3, 0.4) is 0 Å². The molecule has 2 N–H and O–H groups in total. The van der Waals surface area contributed by atoms with Gasteiger partial charge < -0.3 is 5.32 Å². The van der Waals surface area contributed by atoms with E-state index in [-0.39, 0.29) is 29.0 Å². The summed E-state index contributed by atoms with van der Waals surface area (Å²) in [5.74, 6) is -1.12. The van der Waals surface area contributed by atoms with Crippen LogP contribution in [0.15, 0.2) is 77.7 Å². The van der Waals surface area contributed by atoms with E-state index in [0.29, 0.717) is 29.9 Å². The van der Waals surface area contributed by atoms with E-state index >= 15 is 0 Å². The van der Waals surface area contributed by atoms with Crippen molar-refractivity contribution in [1.82, 2.24) is 9.62 Å². The summed E-state index contributed by atoms with van der Waals surface area (Å²) in [5.41, 5.74) is 1.88. The van der Waals surface area contributed by atoms with Gasteiger partial charge in [0.2, 0.25) is 15.9 Å². The number of nitrogens with one attached hydrogen (secondary N) is 2. The minimum atomic E-state index is -3.58. The Morgan fingerprint density at radius 1 is 0.824 bits per heavy atom. The zero-order valence-electron chi connectivity index (χ0n) is 19.0. The van der Waals surface area contributed by atoms with Gasteiger partial charge in [-0.15, -0.1) is 0 Å². The van der Waals surface area contributed by atoms with E-state index < -0.39 is 16.1 Å². The summed E-state index contributed by atoms with van der Waals surface area (Å²) in [6.45, 7) is 4.19. The third-order valence-electron chi connectivity index (χ3n) is 5.35. The van der Waals surface area contributed by atoms with Gasteiger partial charge in [-0.25, -0.2) is 17.2 Å². The van der Waals surface area contributed by atoms with Crippen LogP contribution in [0.5, 0.6) is 0 Å². The number of hydrogen-bond acceptors (Lipinski definition) is 4. The molecule has 1 amide bonds. The molecule has 180 valence electrons. The average Bonchev–Trinajstić information content (AvgIpc) is 2.82. The quantitative estimate of drug-likeness (QED) is 0.447. The monoisotopic (exact) mass is 487 g/mol. The highest BCUT2D eigenvalue weighted by molar-refractivity contribution is 7.89. The minimum absolute atomic E-state index is 0.0844. The molecule has 6 nitrogen and oxygen atoms in total. The third-order valence-corrected chi connectivity index (χ3v) is 7.42. The molecule has 34 heavy (non-hydrogen) atoms. The van der Waals surface area contributed by atoms with Gasteiger partial charge in [0.1, 0.15) is 11.6 Å². The van der Waals surface area contributed by atoms with E-state index in [2.05, 4.69) is 10.6 Å². The van der Waals surface area contributed by atoms with Gasteiger partial charge in [-0.05, 0) is 59.7 Å². The lowest BCUT2D eigenvalue weighted by atomic mass is 9.98. The molecule has 3 aromatic rings. The van der Waals surface area contributed by atoms with Crippen molar-refractivity contribution in [2.75, 3.05) is 25.0 Å².